The van der Waals surface area contributed by atoms with E-state index in [4.69, 9.17) is 9.47 Å². The van der Waals surface area contributed by atoms with E-state index in [0.717, 1.165) is 44.5 Å². The largest absolute Gasteiger partial charge is 0.457 e. The molecule has 0 unspecified atom stereocenters. The first-order valence-corrected chi connectivity index (χ1v) is 27.6. The van der Waals surface area contributed by atoms with Crippen LogP contribution in [0.2, 0.25) is 0 Å². The first-order valence-electron chi connectivity index (χ1n) is 23.4. The fourth-order valence-corrected chi connectivity index (χ4v) is 12.5. The van der Waals surface area contributed by atoms with Gasteiger partial charge in [0.15, 0.2) is 9.84 Å². The van der Waals surface area contributed by atoms with Crippen LogP contribution in [-0.2, 0) is 28.9 Å². The van der Waals surface area contributed by atoms with Gasteiger partial charge >= 0.3 is 11.9 Å². The molecule has 16 heteroatoms. The number of thioether (sulfide) groups is 1. The topological polar surface area (TPSA) is 193 Å². The molecule has 0 aromatic carbocycles. The molecule has 4 rings (SSSR count). The molecule has 0 saturated heterocycles. The van der Waals surface area contributed by atoms with Gasteiger partial charge in [0.2, 0.25) is 0 Å². The highest BCUT2D eigenvalue weighted by molar-refractivity contribution is 8.01. The molecular formula is C52H78N2O10S4. The molecular weight excluding hydrogens is 941 g/mol. The lowest BCUT2D eigenvalue weighted by molar-refractivity contribution is -0.150. The fourth-order valence-electron chi connectivity index (χ4n) is 7.70. The maximum Gasteiger partial charge on any atom is 0.309 e. The van der Waals surface area contributed by atoms with Gasteiger partial charge in [0, 0.05) is 45.4 Å². The van der Waals surface area contributed by atoms with Crippen molar-refractivity contribution in [1.29, 1.82) is 0 Å². The number of allylic oxidation sites excluding steroid dienone is 4. The number of aliphatic hydroxyl groups is 4. The summed E-state index contributed by atoms with van der Waals surface area (Å²) >= 11 is 4.61. The van der Waals surface area contributed by atoms with Crippen LogP contribution in [0, 0.1) is 25.7 Å². The van der Waals surface area contributed by atoms with Gasteiger partial charge in [-0.1, -0.05) is 68.4 Å². The van der Waals surface area contributed by atoms with E-state index in [-0.39, 0.29) is 17.6 Å². The standard InChI is InChI=1S/C26H39NO6S2.C26H39NO4S2/c1-16-9-8-10-17(2)25(30)19(4)35(31,32)26(6,7)23(28)14-24(29)33-22(12-11-16)18(3)13-21-15-34-20(5)27-21;1-16-9-8-10-17(2)25(30)19(4)33-26(6,7)23(28)14-24(29)31-22(12-11-16)18(3)13-21-15-32-20(5)27-21/h8,10-11,13,15,17,19,22-23,25,28,30H,9,12,14H2,1-7H3;8,10-11,13,15,17,19,22-23,25,28,30H,9,12,14H2,1-7H3/b2*10-8-,16-11-,18-13+/t2*17-,19+,22-,23-,25-/m00/s1. The summed E-state index contributed by atoms with van der Waals surface area (Å²) < 4.78 is 36.0. The van der Waals surface area contributed by atoms with Crippen molar-refractivity contribution in [1.82, 2.24) is 9.97 Å². The minimum Gasteiger partial charge on any atom is -0.457 e. The average Bonchev–Trinajstić information content (AvgIpc) is 3.87. The molecule has 0 spiro atoms. The molecule has 68 heavy (non-hydrogen) atoms. The van der Waals surface area contributed by atoms with E-state index in [1.165, 1.54) is 49.4 Å². The molecule has 2 aromatic rings. The smallest absolute Gasteiger partial charge is 0.309 e. The summed E-state index contributed by atoms with van der Waals surface area (Å²) in [6.45, 7) is 25.5. The van der Waals surface area contributed by atoms with Crippen molar-refractivity contribution in [2.75, 3.05) is 0 Å². The zero-order chi connectivity index (χ0) is 51.3. The second-order valence-corrected chi connectivity index (χ2v) is 26.6. The van der Waals surface area contributed by atoms with Gasteiger partial charge in [-0.05, 0) is 112 Å². The minimum atomic E-state index is -4.01. The molecule has 0 bridgehead atoms. The highest BCUT2D eigenvalue weighted by atomic mass is 32.2. The van der Waals surface area contributed by atoms with Gasteiger partial charge in [-0.2, -0.15) is 0 Å². The summed E-state index contributed by atoms with van der Waals surface area (Å²) in [6, 6.07) is 0. The maximum atomic E-state index is 13.3. The van der Waals surface area contributed by atoms with Gasteiger partial charge in [-0.15, -0.1) is 34.4 Å². The van der Waals surface area contributed by atoms with Crippen LogP contribution < -0.4 is 0 Å². The summed E-state index contributed by atoms with van der Waals surface area (Å²) in [7, 11) is -4.01. The highest BCUT2D eigenvalue weighted by Gasteiger charge is 2.48. The third-order valence-electron chi connectivity index (χ3n) is 12.8. The molecule has 12 nitrogen and oxygen atoms in total. The Morgan fingerprint density at radius 1 is 0.691 bits per heavy atom. The second-order valence-electron chi connectivity index (χ2n) is 19.6. The van der Waals surface area contributed by atoms with Crippen molar-refractivity contribution in [3.8, 4) is 0 Å². The number of sulfone groups is 1. The number of nitrogens with zero attached hydrogens (tertiary/aromatic N) is 2. The number of aromatic nitrogens is 2. The van der Waals surface area contributed by atoms with Crippen molar-refractivity contribution < 1.29 is 47.9 Å². The first-order chi connectivity index (χ1) is 31.5. The Labute approximate surface area is 418 Å². The number of rotatable bonds is 4. The average molecular weight is 1020 g/mol. The first kappa shape index (κ1) is 59.1. The lowest BCUT2D eigenvalue weighted by Crippen LogP contribution is -2.52. The summed E-state index contributed by atoms with van der Waals surface area (Å²) in [5, 5.41) is 47.7. The van der Waals surface area contributed by atoms with Gasteiger partial charge in [0.1, 0.15) is 12.2 Å². The van der Waals surface area contributed by atoms with E-state index in [1.54, 1.807) is 18.3 Å². The number of aryl methyl sites for hydroxylation is 2. The molecule has 0 fully saturated rings. The van der Waals surface area contributed by atoms with E-state index >= 15 is 0 Å². The van der Waals surface area contributed by atoms with E-state index in [2.05, 4.69) is 35.1 Å². The van der Waals surface area contributed by atoms with Gasteiger partial charge in [0.25, 0.3) is 0 Å². The number of esters is 2. The summed E-state index contributed by atoms with van der Waals surface area (Å²) in [4.78, 5) is 34.6. The van der Waals surface area contributed by atoms with E-state index in [0.29, 0.717) is 19.3 Å². The third-order valence-corrected chi connectivity index (χ3v) is 18.9. The Morgan fingerprint density at radius 2 is 1.10 bits per heavy atom. The third kappa shape index (κ3) is 17.6. The molecule has 2 aromatic heterocycles. The minimum absolute atomic E-state index is 0.00870. The molecule has 4 heterocycles. The Morgan fingerprint density at radius 3 is 1.51 bits per heavy atom. The number of hydrogen-bond donors (Lipinski definition) is 4. The van der Waals surface area contributed by atoms with Crippen molar-refractivity contribution in [2.45, 2.75) is 192 Å². The van der Waals surface area contributed by atoms with Gasteiger partial charge in [-0.25, -0.2) is 18.4 Å². The number of thiazole rings is 2. The van der Waals surface area contributed by atoms with Crippen LogP contribution in [0.4, 0.5) is 0 Å². The van der Waals surface area contributed by atoms with Gasteiger partial charge in [-0.3, -0.25) is 9.59 Å². The van der Waals surface area contributed by atoms with E-state index in [1.807, 2.05) is 103 Å². The Bertz CT molecular complexity index is 2280. The van der Waals surface area contributed by atoms with E-state index in [9.17, 15) is 38.4 Å². The number of cyclic esters (lactones) is 2. The normalized spacial score (nSPS) is 33.3. The quantitative estimate of drug-likeness (QED) is 0.167. The van der Waals surface area contributed by atoms with Crippen LogP contribution in [-0.4, -0.2) is 107 Å². The Hall–Kier alpha value is -3.22. The van der Waals surface area contributed by atoms with E-state index < -0.39 is 85.5 Å². The summed E-state index contributed by atoms with van der Waals surface area (Å²) in [5.74, 6) is -1.53. The molecule has 0 amide bonds. The second kappa shape index (κ2) is 26.3. The van der Waals surface area contributed by atoms with Crippen LogP contribution in [0.3, 0.4) is 0 Å². The monoisotopic (exact) mass is 1020 g/mol. The van der Waals surface area contributed by atoms with Crippen LogP contribution in [0.5, 0.6) is 0 Å². The maximum absolute atomic E-state index is 13.3. The van der Waals surface area contributed by atoms with Crippen LogP contribution >= 0.6 is 34.4 Å². The predicted octanol–water partition coefficient (Wildman–Crippen LogP) is 10.1. The summed E-state index contributed by atoms with van der Waals surface area (Å²) in [5.41, 5.74) is 5.59. The lowest BCUT2D eigenvalue weighted by atomic mass is 10.00. The van der Waals surface area contributed by atoms with Crippen LogP contribution in [0.15, 0.2) is 69.5 Å². The molecule has 0 saturated carbocycles. The number of carbonyl (C=O) groups excluding carboxylic acids is 2. The molecule has 0 radical (unpaired) electrons. The van der Waals surface area contributed by atoms with Gasteiger partial charge < -0.3 is 29.9 Å². The Kier molecular flexibility index (Phi) is 22.8. The SMILES string of the molecule is C/C1=C/C[C@@H](/C(C)=C/c2csc(C)n2)OC(=O)C[C@H](O)C(C)(C)S(=O)(=O)[C@H](C)[C@@H](O)[C@@H](C)/C=C\C1.C/C1=C/C[C@@H](/C(C)=C/c2csc(C)n2)OC(=O)C[C@H](O)C(C)(C)S[C@H](C)[C@@H](O)[C@@H](C)/C=C\C1. The number of hydrogen-bond acceptors (Lipinski definition) is 15. The van der Waals surface area contributed by atoms with Gasteiger partial charge in [0.05, 0.1) is 68.7 Å². The van der Waals surface area contributed by atoms with Crippen molar-refractivity contribution in [3.63, 3.8) is 0 Å². The van der Waals surface area contributed by atoms with Crippen molar-refractivity contribution >= 4 is 68.4 Å². The molecule has 380 valence electrons. The molecule has 0 aliphatic carbocycles. The number of ether oxygens (including phenoxy) is 2. The zero-order valence-electron chi connectivity index (χ0n) is 42.6. The molecule has 4 N–H and O–H groups in total. The molecule has 2 aliphatic heterocycles. The van der Waals surface area contributed by atoms with Crippen LogP contribution in [0.1, 0.15) is 143 Å². The van der Waals surface area contributed by atoms with Crippen molar-refractivity contribution in [3.05, 3.63) is 90.9 Å². The number of carbonyl (C=O) groups is 2. The fraction of sp³-hybridized carbons (Fsp3) is 0.615. The van der Waals surface area contributed by atoms with Crippen molar-refractivity contribution in [2.24, 2.45) is 11.8 Å². The lowest BCUT2D eigenvalue weighted by Gasteiger charge is -2.35. The van der Waals surface area contributed by atoms with Crippen LogP contribution in [0.25, 0.3) is 12.2 Å². The number of aliphatic hydroxyl groups excluding tert-OH is 4. The molecule has 10 atom stereocenters. The zero-order valence-corrected chi connectivity index (χ0v) is 45.8. The molecule has 2 aliphatic rings. The highest BCUT2D eigenvalue weighted by Crippen LogP contribution is 2.37. The predicted molar refractivity (Wildman–Crippen MR) is 280 cm³/mol. The Balaban J connectivity index is 0.000000361. The summed E-state index contributed by atoms with van der Waals surface area (Å²) in [6.07, 6.45) is 12.5.